The van der Waals surface area contributed by atoms with E-state index in [1.54, 1.807) is 0 Å². The number of hydrogen-bond donors (Lipinski definition) is 0. The predicted molar refractivity (Wildman–Crippen MR) is 55.6 cm³/mol. The van der Waals surface area contributed by atoms with E-state index in [1.165, 1.54) is 0 Å². The Kier molecular flexibility index (Phi) is 4.27. The number of halogens is 1. The molecule has 0 spiro atoms. The Bertz CT molecular complexity index is 290. The second kappa shape index (κ2) is 5.55. The standard InChI is InChI=1S/C11H11ClO/c12-11(13)9-5-4-8-10-6-2-1-3-7-10/h1-4,6-8H,5,9H2. The lowest BCUT2D eigenvalue weighted by Gasteiger charge is -1.90. The van der Waals surface area contributed by atoms with Gasteiger partial charge in [-0.15, -0.1) is 0 Å². The quantitative estimate of drug-likeness (QED) is 0.673. The molecule has 0 radical (unpaired) electrons. The Balaban J connectivity index is 2.37. The van der Waals surface area contributed by atoms with Gasteiger partial charge in [-0.3, -0.25) is 4.79 Å². The number of carbonyl (C=O) groups is 1. The molecule has 0 N–H and O–H groups in total. The summed E-state index contributed by atoms with van der Waals surface area (Å²) in [4.78, 5) is 10.4. The number of carbonyl (C=O) groups excluding carboxylic acids is 1. The molecule has 1 nitrogen and oxygen atoms in total. The summed E-state index contributed by atoms with van der Waals surface area (Å²) in [5.41, 5.74) is 1.14. The molecule has 0 saturated heterocycles. The van der Waals surface area contributed by atoms with Crippen LogP contribution in [0.2, 0.25) is 0 Å². The summed E-state index contributed by atoms with van der Waals surface area (Å²) in [5.74, 6) is 0. The van der Waals surface area contributed by atoms with Gasteiger partial charge < -0.3 is 0 Å². The highest BCUT2D eigenvalue weighted by molar-refractivity contribution is 6.63. The van der Waals surface area contributed by atoms with Crippen molar-refractivity contribution >= 4 is 22.9 Å². The first kappa shape index (κ1) is 10.0. The van der Waals surface area contributed by atoms with Crippen molar-refractivity contribution in [2.24, 2.45) is 0 Å². The minimum absolute atomic E-state index is 0.280. The molecule has 0 aromatic heterocycles. The fraction of sp³-hybridized carbons (Fsp3) is 0.182. The first-order chi connectivity index (χ1) is 6.29. The molecular weight excluding hydrogens is 184 g/mol. The zero-order valence-corrected chi connectivity index (χ0v) is 8.00. The first-order valence-electron chi connectivity index (χ1n) is 4.19. The molecule has 1 aromatic carbocycles. The third kappa shape index (κ3) is 4.48. The van der Waals surface area contributed by atoms with E-state index in [4.69, 9.17) is 11.6 Å². The van der Waals surface area contributed by atoms with E-state index in [0.717, 1.165) is 5.56 Å². The van der Waals surface area contributed by atoms with Gasteiger partial charge in [0.1, 0.15) is 0 Å². The van der Waals surface area contributed by atoms with E-state index in [1.807, 2.05) is 42.5 Å². The highest BCUT2D eigenvalue weighted by atomic mass is 35.5. The average Bonchev–Trinajstić information content (AvgIpc) is 2.14. The van der Waals surface area contributed by atoms with Crippen LogP contribution in [-0.4, -0.2) is 5.24 Å². The van der Waals surface area contributed by atoms with Crippen LogP contribution in [0.5, 0.6) is 0 Å². The van der Waals surface area contributed by atoms with E-state index in [2.05, 4.69) is 0 Å². The Morgan fingerprint density at radius 2 is 2.00 bits per heavy atom. The molecule has 0 heterocycles. The Hall–Kier alpha value is -1.08. The van der Waals surface area contributed by atoms with Crippen LogP contribution in [-0.2, 0) is 4.79 Å². The van der Waals surface area contributed by atoms with Gasteiger partial charge in [0.05, 0.1) is 0 Å². The van der Waals surface area contributed by atoms with Gasteiger partial charge in [0.15, 0.2) is 0 Å². The molecule has 0 bridgehead atoms. The predicted octanol–water partition coefficient (Wildman–Crippen LogP) is 3.25. The maximum absolute atomic E-state index is 10.4. The van der Waals surface area contributed by atoms with Gasteiger partial charge in [0.2, 0.25) is 5.24 Å². The second-order valence-electron chi connectivity index (χ2n) is 2.71. The maximum atomic E-state index is 10.4. The van der Waals surface area contributed by atoms with Crippen LogP contribution < -0.4 is 0 Å². The molecule has 0 aliphatic heterocycles. The van der Waals surface area contributed by atoms with Gasteiger partial charge in [-0.05, 0) is 23.6 Å². The molecule has 13 heavy (non-hydrogen) atoms. The lowest BCUT2D eigenvalue weighted by atomic mass is 10.2. The number of allylic oxidation sites excluding steroid dienone is 1. The van der Waals surface area contributed by atoms with Gasteiger partial charge in [0, 0.05) is 6.42 Å². The minimum Gasteiger partial charge on any atom is -0.281 e. The van der Waals surface area contributed by atoms with Crippen LogP contribution in [0.1, 0.15) is 18.4 Å². The molecule has 68 valence electrons. The van der Waals surface area contributed by atoms with Gasteiger partial charge >= 0.3 is 0 Å². The van der Waals surface area contributed by atoms with Crippen LogP contribution in [0.3, 0.4) is 0 Å². The molecule has 2 heteroatoms. The van der Waals surface area contributed by atoms with E-state index < -0.39 is 0 Å². The van der Waals surface area contributed by atoms with E-state index in [-0.39, 0.29) is 5.24 Å². The second-order valence-corrected chi connectivity index (χ2v) is 3.13. The van der Waals surface area contributed by atoms with Crippen LogP contribution in [0.4, 0.5) is 0 Å². The molecule has 0 aliphatic rings. The summed E-state index contributed by atoms with van der Waals surface area (Å²) in [6, 6.07) is 9.95. The summed E-state index contributed by atoms with van der Waals surface area (Å²) >= 11 is 5.19. The molecule has 0 saturated carbocycles. The topological polar surface area (TPSA) is 17.1 Å². The molecule has 0 amide bonds. The van der Waals surface area contributed by atoms with Gasteiger partial charge in [-0.25, -0.2) is 0 Å². The lowest BCUT2D eigenvalue weighted by Crippen LogP contribution is -1.82. The summed E-state index contributed by atoms with van der Waals surface area (Å²) in [6.07, 6.45) is 5.05. The number of rotatable bonds is 4. The van der Waals surface area contributed by atoms with Crippen LogP contribution in [0.15, 0.2) is 36.4 Å². The fourth-order valence-corrected chi connectivity index (χ4v) is 1.09. The third-order valence-electron chi connectivity index (χ3n) is 1.62. The van der Waals surface area contributed by atoms with Gasteiger partial charge in [-0.2, -0.15) is 0 Å². The van der Waals surface area contributed by atoms with Crippen molar-refractivity contribution in [3.05, 3.63) is 42.0 Å². The van der Waals surface area contributed by atoms with Crippen molar-refractivity contribution in [2.45, 2.75) is 12.8 Å². The normalized spacial score (nSPS) is 10.5. The summed E-state index contributed by atoms with van der Waals surface area (Å²) in [7, 11) is 0. The van der Waals surface area contributed by atoms with Crippen molar-refractivity contribution in [2.75, 3.05) is 0 Å². The zero-order valence-electron chi connectivity index (χ0n) is 7.24. The monoisotopic (exact) mass is 194 g/mol. The Morgan fingerprint density at radius 3 is 2.62 bits per heavy atom. The minimum atomic E-state index is -0.280. The van der Waals surface area contributed by atoms with E-state index >= 15 is 0 Å². The highest BCUT2D eigenvalue weighted by Crippen LogP contribution is 2.03. The number of hydrogen-bond acceptors (Lipinski definition) is 1. The molecule has 0 unspecified atom stereocenters. The largest absolute Gasteiger partial charge is 0.281 e. The third-order valence-corrected chi connectivity index (χ3v) is 1.81. The van der Waals surface area contributed by atoms with E-state index in [9.17, 15) is 4.79 Å². The van der Waals surface area contributed by atoms with Crippen LogP contribution in [0.25, 0.3) is 6.08 Å². The van der Waals surface area contributed by atoms with Crippen molar-refractivity contribution in [3.8, 4) is 0 Å². The molecule has 1 rings (SSSR count). The molecule has 0 atom stereocenters. The van der Waals surface area contributed by atoms with Gasteiger partial charge in [-0.1, -0.05) is 42.5 Å². The summed E-state index contributed by atoms with van der Waals surface area (Å²) in [5, 5.41) is -0.280. The van der Waals surface area contributed by atoms with Crippen molar-refractivity contribution < 1.29 is 4.79 Å². The lowest BCUT2D eigenvalue weighted by molar-refractivity contribution is -0.111. The Morgan fingerprint density at radius 1 is 1.31 bits per heavy atom. The zero-order chi connectivity index (χ0) is 9.52. The SMILES string of the molecule is O=C(Cl)CCC=Cc1ccccc1. The molecular formula is C11H11ClO. The van der Waals surface area contributed by atoms with Crippen molar-refractivity contribution in [3.63, 3.8) is 0 Å². The van der Waals surface area contributed by atoms with E-state index in [0.29, 0.717) is 12.8 Å². The maximum Gasteiger partial charge on any atom is 0.221 e. The first-order valence-corrected chi connectivity index (χ1v) is 4.57. The van der Waals surface area contributed by atoms with Crippen LogP contribution in [0, 0.1) is 0 Å². The summed E-state index contributed by atoms with van der Waals surface area (Å²) < 4.78 is 0. The van der Waals surface area contributed by atoms with Crippen molar-refractivity contribution in [1.82, 2.24) is 0 Å². The fourth-order valence-electron chi connectivity index (χ4n) is 0.980. The molecule has 0 aliphatic carbocycles. The van der Waals surface area contributed by atoms with Crippen molar-refractivity contribution in [1.29, 1.82) is 0 Å². The molecule has 0 fully saturated rings. The average molecular weight is 195 g/mol. The molecule has 1 aromatic rings. The highest BCUT2D eigenvalue weighted by Gasteiger charge is 1.91. The smallest absolute Gasteiger partial charge is 0.221 e. The number of benzene rings is 1. The Labute approximate surface area is 83.0 Å². The summed E-state index contributed by atoms with van der Waals surface area (Å²) in [6.45, 7) is 0. The van der Waals surface area contributed by atoms with Crippen LogP contribution >= 0.6 is 11.6 Å². The van der Waals surface area contributed by atoms with Gasteiger partial charge in [0.25, 0.3) is 0 Å².